The Hall–Kier alpha value is -5.17. The Balaban J connectivity index is 1.11. The summed E-state index contributed by atoms with van der Waals surface area (Å²) < 4.78 is 0. The molecule has 3 aliphatic rings. The van der Waals surface area contributed by atoms with Crippen molar-refractivity contribution >= 4 is 18.0 Å². The average molecular weight is 639 g/mol. The first-order valence-electron chi connectivity index (χ1n) is 18.0. The summed E-state index contributed by atoms with van der Waals surface area (Å²) in [5, 5.41) is 3.78. The Morgan fingerprint density at radius 2 is 1.63 bits per heavy atom. The van der Waals surface area contributed by atoms with E-state index in [1.807, 2.05) is 12.3 Å². The minimum absolute atomic E-state index is 0.0877. The fourth-order valence-corrected chi connectivity index (χ4v) is 7.35. The van der Waals surface area contributed by atoms with E-state index >= 15 is 0 Å². The second-order valence-electron chi connectivity index (χ2n) is 13.6. The van der Waals surface area contributed by atoms with E-state index in [1.165, 1.54) is 57.5 Å². The number of nitrogens with zero attached hydrogens (tertiary/aromatic N) is 1. The summed E-state index contributed by atoms with van der Waals surface area (Å²) >= 11 is 0. The van der Waals surface area contributed by atoms with Gasteiger partial charge in [-0.15, -0.1) is 5.73 Å². The highest BCUT2D eigenvalue weighted by Gasteiger charge is 2.21. The molecule has 3 aliphatic carbocycles. The van der Waals surface area contributed by atoms with Gasteiger partial charge < -0.3 is 5.32 Å². The van der Waals surface area contributed by atoms with Crippen LogP contribution < -0.4 is 5.32 Å². The van der Waals surface area contributed by atoms with Crippen molar-refractivity contribution < 1.29 is 0 Å². The van der Waals surface area contributed by atoms with Crippen LogP contribution in [0.4, 0.5) is 5.69 Å². The molecule has 0 amide bonds. The highest BCUT2D eigenvalue weighted by Crippen LogP contribution is 2.35. The summed E-state index contributed by atoms with van der Waals surface area (Å²) in [5.41, 5.74) is 16.0. The monoisotopic (exact) mass is 638 g/mol. The Labute approximate surface area is 292 Å². The SMILES string of the molecule is CC1C=CCC(/C2=C(\Nc3ccc(/C=N/C(c4ccccc4)c4ccc(-c5ccc6c(c5)CCC=C6)cc4)cc3)C=C=C/C=C\CCC2)C1. The lowest BCUT2D eigenvalue weighted by atomic mass is 9.80. The van der Waals surface area contributed by atoms with Crippen molar-refractivity contribution in [3.05, 3.63) is 184 Å². The molecule has 2 nitrogen and oxygen atoms in total. The van der Waals surface area contributed by atoms with Crippen LogP contribution in [0.3, 0.4) is 0 Å². The predicted molar refractivity (Wildman–Crippen MR) is 209 cm³/mol. The molecule has 4 aromatic rings. The number of aliphatic imine (C=N–C) groups is 1. The molecule has 0 radical (unpaired) electrons. The number of allylic oxidation sites excluding steroid dienone is 7. The third-order valence-electron chi connectivity index (χ3n) is 10.0. The third-order valence-corrected chi connectivity index (χ3v) is 10.0. The number of anilines is 1. The van der Waals surface area contributed by atoms with E-state index in [9.17, 15) is 0 Å². The lowest BCUT2D eigenvalue weighted by Crippen LogP contribution is -2.15. The molecule has 49 heavy (non-hydrogen) atoms. The zero-order chi connectivity index (χ0) is 33.3. The van der Waals surface area contributed by atoms with Gasteiger partial charge in [-0.2, -0.15) is 0 Å². The maximum absolute atomic E-state index is 5.17. The van der Waals surface area contributed by atoms with E-state index in [0.717, 1.165) is 43.4 Å². The van der Waals surface area contributed by atoms with Crippen LogP contribution in [0.2, 0.25) is 0 Å². The standard InChI is InChI=1S/C47H46N2/c1-35-14-13-19-43(32-35)45-20-9-4-2-3-5-10-21-46(45)49-44-30-22-36(23-31-44)34-48-47(39-16-7-6-8-17-39)40-27-24-38(25-28-40)42-29-26-37-15-11-12-18-41(37)33-42/h2-3,5-8,11,13-17,21-31,33-35,43,47,49H,4,9,12,18-20,32H2,1H3/b3-2-,46-45-,48-34+. The van der Waals surface area contributed by atoms with Gasteiger partial charge >= 0.3 is 0 Å². The Morgan fingerprint density at radius 3 is 2.47 bits per heavy atom. The van der Waals surface area contributed by atoms with Gasteiger partial charge in [0, 0.05) is 23.7 Å². The van der Waals surface area contributed by atoms with Gasteiger partial charge in [-0.25, -0.2) is 0 Å². The fraction of sp³-hybridized carbons (Fsp3) is 0.234. The zero-order valence-corrected chi connectivity index (χ0v) is 28.6. The van der Waals surface area contributed by atoms with E-state index in [2.05, 4.69) is 158 Å². The van der Waals surface area contributed by atoms with Crippen LogP contribution in [0.1, 0.15) is 79.3 Å². The number of benzene rings is 4. The van der Waals surface area contributed by atoms with Crippen molar-refractivity contribution in [2.75, 3.05) is 5.32 Å². The highest BCUT2D eigenvalue weighted by molar-refractivity contribution is 5.81. The van der Waals surface area contributed by atoms with Gasteiger partial charge in [0.15, 0.2) is 0 Å². The van der Waals surface area contributed by atoms with E-state index < -0.39 is 0 Å². The maximum atomic E-state index is 5.17. The molecule has 3 unspecified atom stereocenters. The first-order chi connectivity index (χ1) is 24.2. The van der Waals surface area contributed by atoms with Crippen LogP contribution in [0, 0.1) is 11.8 Å². The average Bonchev–Trinajstić information content (AvgIpc) is 3.15. The summed E-state index contributed by atoms with van der Waals surface area (Å²) in [6, 6.07) is 35.0. The number of hydrogen-bond acceptors (Lipinski definition) is 2. The van der Waals surface area contributed by atoms with Crippen molar-refractivity contribution in [3.63, 3.8) is 0 Å². The van der Waals surface area contributed by atoms with E-state index in [1.54, 1.807) is 0 Å². The normalized spacial score (nSPS) is 21.7. The van der Waals surface area contributed by atoms with Gasteiger partial charge in [0.25, 0.3) is 0 Å². The summed E-state index contributed by atoms with van der Waals surface area (Å²) in [7, 11) is 0. The Bertz CT molecular complexity index is 1940. The lowest BCUT2D eigenvalue weighted by Gasteiger charge is -2.27. The van der Waals surface area contributed by atoms with Gasteiger partial charge in [0.1, 0.15) is 0 Å². The molecule has 0 heterocycles. The summed E-state index contributed by atoms with van der Waals surface area (Å²) in [6.45, 7) is 2.33. The molecule has 0 fully saturated rings. The quantitative estimate of drug-likeness (QED) is 0.116. The molecule has 244 valence electrons. The minimum atomic E-state index is -0.0877. The molecule has 0 aromatic heterocycles. The molecule has 2 heteroatoms. The molecule has 4 aromatic carbocycles. The topological polar surface area (TPSA) is 24.4 Å². The molecule has 1 N–H and O–H groups in total. The molecular weight excluding hydrogens is 593 g/mol. The van der Waals surface area contributed by atoms with Crippen LogP contribution in [0.15, 0.2) is 162 Å². The summed E-state index contributed by atoms with van der Waals surface area (Å²) in [4.78, 5) is 5.17. The number of aryl methyl sites for hydroxylation is 1. The van der Waals surface area contributed by atoms with Gasteiger partial charge in [0.05, 0.1) is 6.04 Å². The number of nitrogens with one attached hydrogen (secondary N) is 1. The smallest absolute Gasteiger partial charge is 0.0999 e. The number of hydrogen-bond donors (Lipinski definition) is 1. The summed E-state index contributed by atoms with van der Waals surface area (Å²) in [6.07, 6.45) is 27.7. The van der Waals surface area contributed by atoms with Crippen molar-refractivity contribution in [1.29, 1.82) is 0 Å². The lowest BCUT2D eigenvalue weighted by molar-refractivity contribution is 0.453. The second-order valence-corrected chi connectivity index (χ2v) is 13.6. The fourth-order valence-electron chi connectivity index (χ4n) is 7.35. The van der Waals surface area contributed by atoms with Crippen LogP contribution in [0.5, 0.6) is 0 Å². The van der Waals surface area contributed by atoms with Gasteiger partial charge in [-0.3, -0.25) is 4.99 Å². The molecule has 0 saturated carbocycles. The first kappa shape index (κ1) is 32.4. The van der Waals surface area contributed by atoms with Crippen molar-refractivity contribution in [2.45, 2.75) is 57.9 Å². The minimum Gasteiger partial charge on any atom is -0.355 e. The number of fused-ring (bicyclic) bond motifs is 1. The van der Waals surface area contributed by atoms with Crippen LogP contribution in [0.25, 0.3) is 17.2 Å². The van der Waals surface area contributed by atoms with E-state index in [0.29, 0.717) is 11.8 Å². The Kier molecular flexibility index (Phi) is 10.5. The van der Waals surface area contributed by atoms with Crippen LogP contribution >= 0.6 is 0 Å². The van der Waals surface area contributed by atoms with Crippen LogP contribution in [-0.4, -0.2) is 6.21 Å². The second kappa shape index (κ2) is 15.8. The molecule has 0 spiro atoms. The zero-order valence-electron chi connectivity index (χ0n) is 28.6. The van der Waals surface area contributed by atoms with Gasteiger partial charge in [0.2, 0.25) is 0 Å². The van der Waals surface area contributed by atoms with Crippen molar-refractivity contribution in [3.8, 4) is 11.1 Å². The molecule has 7 rings (SSSR count). The number of rotatable bonds is 8. The Morgan fingerprint density at radius 1 is 0.816 bits per heavy atom. The highest BCUT2D eigenvalue weighted by atomic mass is 14.9. The van der Waals surface area contributed by atoms with Gasteiger partial charge in [-0.05, 0) is 120 Å². The van der Waals surface area contributed by atoms with Crippen molar-refractivity contribution in [2.24, 2.45) is 16.8 Å². The third kappa shape index (κ3) is 8.29. The van der Waals surface area contributed by atoms with Crippen molar-refractivity contribution in [1.82, 2.24) is 0 Å². The largest absolute Gasteiger partial charge is 0.355 e. The first-order valence-corrected chi connectivity index (χ1v) is 18.0. The molecule has 0 saturated heterocycles. The summed E-state index contributed by atoms with van der Waals surface area (Å²) in [5.74, 6) is 1.18. The van der Waals surface area contributed by atoms with Gasteiger partial charge in [-0.1, -0.05) is 128 Å². The molecule has 3 atom stereocenters. The molecule has 0 aliphatic heterocycles. The maximum Gasteiger partial charge on any atom is 0.0999 e. The van der Waals surface area contributed by atoms with E-state index in [-0.39, 0.29) is 6.04 Å². The predicted octanol–water partition coefficient (Wildman–Crippen LogP) is 12.2. The van der Waals surface area contributed by atoms with E-state index in [4.69, 9.17) is 4.99 Å². The molecule has 0 bridgehead atoms. The van der Waals surface area contributed by atoms with Crippen LogP contribution in [-0.2, 0) is 6.42 Å². The molecular formula is C47H46N2.